The van der Waals surface area contributed by atoms with Crippen molar-refractivity contribution in [2.75, 3.05) is 18.0 Å². The first-order valence-corrected chi connectivity index (χ1v) is 6.38. The quantitative estimate of drug-likeness (QED) is 0.861. The smallest absolute Gasteiger partial charge is 0.128 e. The van der Waals surface area contributed by atoms with Crippen molar-refractivity contribution in [2.45, 2.75) is 32.3 Å². The van der Waals surface area contributed by atoms with E-state index in [0.717, 1.165) is 35.4 Å². The molecule has 16 heavy (non-hydrogen) atoms. The lowest BCUT2D eigenvalue weighted by Crippen LogP contribution is -2.46. The summed E-state index contributed by atoms with van der Waals surface area (Å²) < 4.78 is 1.03. The molecule has 1 aliphatic heterocycles. The van der Waals surface area contributed by atoms with Gasteiger partial charge in [0.25, 0.3) is 0 Å². The van der Waals surface area contributed by atoms with Crippen molar-refractivity contribution in [3.05, 3.63) is 22.3 Å². The average Bonchev–Trinajstić information content (AvgIpc) is 2.20. The molecule has 0 bridgehead atoms. The molecule has 0 aliphatic carbocycles. The van der Waals surface area contributed by atoms with Crippen molar-refractivity contribution < 1.29 is 5.11 Å². The number of rotatable bonds is 1. The Morgan fingerprint density at radius 1 is 1.50 bits per heavy atom. The lowest BCUT2D eigenvalue weighted by molar-refractivity contribution is 0.0447. The highest BCUT2D eigenvalue weighted by Crippen LogP contribution is 2.26. The first-order valence-electron chi connectivity index (χ1n) is 5.58. The van der Waals surface area contributed by atoms with Gasteiger partial charge in [-0.2, -0.15) is 0 Å². The first kappa shape index (κ1) is 11.9. The van der Waals surface area contributed by atoms with E-state index in [0.29, 0.717) is 6.54 Å². The van der Waals surface area contributed by atoms with Crippen LogP contribution in [-0.2, 0) is 0 Å². The molecule has 1 aromatic rings. The molecule has 88 valence electrons. The molecular weight excluding hydrogens is 268 g/mol. The molecule has 0 saturated carbocycles. The van der Waals surface area contributed by atoms with Crippen LogP contribution in [0.3, 0.4) is 0 Å². The fraction of sp³-hybridized carbons (Fsp3) is 0.583. The predicted octanol–water partition coefficient (Wildman–Crippen LogP) is 2.50. The Bertz CT molecular complexity index is 393. The molecule has 0 amide bonds. The molecule has 1 N–H and O–H groups in total. The van der Waals surface area contributed by atoms with Crippen LogP contribution in [0.15, 0.2) is 16.6 Å². The van der Waals surface area contributed by atoms with Crippen LogP contribution in [0.2, 0.25) is 0 Å². The third kappa shape index (κ3) is 2.55. The van der Waals surface area contributed by atoms with Gasteiger partial charge in [0.1, 0.15) is 5.82 Å². The zero-order valence-electron chi connectivity index (χ0n) is 9.70. The van der Waals surface area contributed by atoms with Crippen LogP contribution in [0, 0.1) is 6.92 Å². The van der Waals surface area contributed by atoms with Gasteiger partial charge in [-0.3, -0.25) is 0 Å². The monoisotopic (exact) mass is 284 g/mol. The molecule has 4 heteroatoms. The van der Waals surface area contributed by atoms with E-state index in [2.05, 4.69) is 25.8 Å². The Hall–Kier alpha value is -0.610. The van der Waals surface area contributed by atoms with Gasteiger partial charge < -0.3 is 10.0 Å². The van der Waals surface area contributed by atoms with Gasteiger partial charge in [0.05, 0.1) is 11.3 Å². The summed E-state index contributed by atoms with van der Waals surface area (Å²) in [6.45, 7) is 5.52. The van der Waals surface area contributed by atoms with Crippen molar-refractivity contribution in [3.63, 3.8) is 0 Å². The second-order valence-corrected chi connectivity index (χ2v) is 5.61. The molecule has 1 saturated heterocycles. The van der Waals surface area contributed by atoms with Crippen molar-refractivity contribution in [1.82, 2.24) is 4.98 Å². The van der Waals surface area contributed by atoms with Gasteiger partial charge in [-0.25, -0.2) is 4.98 Å². The fourth-order valence-electron chi connectivity index (χ4n) is 2.12. The lowest BCUT2D eigenvalue weighted by atomic mass is 9.95. The number of piperidine rings is 1. The van der Waals surface area contributed by atoms with Crippen LogP contribution < -0.4 is 4.90 Å². The summed E-state index contributed by atoms with van der Waals surface area (Å²) in [7, 11) is 0. The molecule has 1 unspecified atom stereocenters. The van der Waals surface area contributed by atoms with E-state index in [9.17, 15) is 5.11 Å². The highest BCUT2D eigenvalue weighted by Gasteiger charge is 2.28. The van der Waals surface area contributed by atoms with Gasteiger partial charge in [-0.05, 0) is 54.8 Å². The molecule has 0 spiro atoms. The Kier molecular flexibility index (Phi) is 3.22. The van der Waals surface area contributed by atoms with E-state index in [1.807, 2.05) is 26.0 Å². The van der Waals surface area contributed by atoms with Crippen LogP contribution in [0.5, 0.6) is 0 Å². The van der Waals surface area contributed by atoms with E-state index >= 15 is 0 Å². The van der Waals surface area contributed by atoms with Gasteiger partial charge in [0.15, 0.2) is 0 Å². The number of anilines is 1. The molecular formula is C12H17BrN2O. The van der Waals surface area contributed by atoms with E-state index < -0.39 is 5.60 Å². The number of nitrogens with zero attached hydrogens (tertiary/aromatic N) is 2. The average molecular weight is 285 g/mol. The second kappa shape index (κ2) is 4.34. The predicted molar refractivity (Wildman–Crippen MR) is 68.7 cm³/mol. The number of pyridine rings is 1. The van der Waals surface area contributed by atoms with Crippen LogP contribution in [-0.4, -0.2) is 28.8 Å². The van der Waals surface area contributed by atoms with Crippen LogP contribution in [0.4, 0.5) is 5.82 Å². The summed E-state index contributed by atoms with van der Waals surface area (Å²) in [6.07, 6.45) is 1.89. The van der Waals surface area contributed by atoms with Crippen LogP contribution >= 0.6 is 15.9 Å². The number of halogens is 1. The highest BCUT2D eigenvalue weighted by molar-refractivity contribution is 9.10. The van der Waals surface area contributed by atoms with Crippen molar-refractivity contribution >= 4 is 21.7 Å². The van der Waals surface area contributed by atoms with E-state index in [1.54, 1.807) is 0 Å². The summed E-state index contributed by atoms with van der Waals surface area (Å²) in [6, 6.07) is 4.01. The molecule has 0 radical (unpaired) electrons. The number of aliphatic hydroxyl groups is 1. The highest BCUT2D eigenvalue weighted by atomic mass is 79.9. The van der Waals surface area contributed by atoms with Gasteiger partial charge in [0.2, 0.25) is 0 Å². The topological polar surface area (TPSA) is 36.4 Å². The maximum atomic E-state index is 10.1. The Labute approximate surface area is 105 Å². The largest absolute Gasteiger partial charge is 0.388 e. The summed E-state index contributed by atoms with van der Waals surface area (Å²) in [4.78, 5) is 6.69. The molecule has 3 nitrogen and oxygen atoms in total. The summed E-state index contributed by atoms with van der Waals surface area (Å²) >= 11 is 3.45. The van der Waals surface area contributed by atoms with Gasteiger partial charge in [0, 0.05) is 17.6 Å². The molecule has 0 aromatic carbocycles. The lowest BCUT2D eigenvalue weighted by Gasteiger charge is -2.37. The van der Waals surface area contributed by atoms with Crippen molar-refractivity contribution in [2.24, 2.45) is 0 Å². The minimum atomic E-state index is -0.582. The maximum Gasteiger partial charge on any atom is 0.128 e. The van der Waals surface area contributed by atoms with Crippen molar-refractivity contribution in [1.29, 1.82) is 0 Å². The van der Waals surface area contributed by atoms with Gasteiger partial charge >= 0.3 is 0 Å². The third-order valence-corrected chi connectivity index (χ3v) is 3.84. The number of hydrogen-bond acceptors (Lipinski definition) is 3. The Morgan fingerprint density at radius 2 is 2.25 bits per heavy atom. The molecule has 1 atom stereocenters. The normalized spacial score (nSPS) is 25.9. The Morgan fingerprint density at radius 3 is 2.88 bits per heavy atom. The second-order valence-electron chi connectivity index (χ2n) is 4.76. The van der Waals surface area contributed by atoms with Crippen molar-refractivity contribution in [3.8, 4) is 0 Å². The molecule has 1 aliphatic rings. The molecule has 2 rings (SSSR count). The molecule has 2 heterocycles. The standard InChI is InChI=1S/C12H17BrN2O/c1-9-10(13)4-5-11(14-9)15-7-3-6-12(2,16)8-15/h4-5,16H,3,6-8H2,1-2H3. The third-order valence-electron chi connectivity index (χ3n) is 3.01. The van der Waals surface area contributed by atoms with E-state index in [4.69, 9.17) is 0 Å². The van der Waals surface area contributed by atoms with E-state index in [1.165, 1.54) is 0 Å². The molecule has 1 aromatic heterocycles. The van der Waals surface area contributed by atoms with Gasteiger partial charge in [-0.15, -0.1) is 0 Å². The minimum Gasteiger partial charge on any atom is -0.388 e. The maximum absolute atomic E-state index is 10.1. The summed E-state index contributed by atoms with van der Waals surface area (Å²) in [5, 5.41) is 10.1. The van der Waals surface area contributed by atoms with E-state index in [-0.39, 0.29) is 0 Å². The molecule has 1 fully saturated rings. The zero-order valence-corrected chi connectivity index (χ0v) is 11.3. The van der Waals surface area contributed by atoms with Crippen LogP contribution in [0.25, 0.3) is 0 Å². The number of aryl methyl sites for hydroxylation is 1. The first-order chi connectivity index (χ1) is 7.48. The SMILES string of the molecule is Cc1nc(N2CCCC(C)(O)C2)ccc1Br. The summed E-state index contributed by atoms with van der Waals surface area (Å²) in [5.74, 6) is 0.959. The van der Waals surface area contributed by atoms with Crippen LogP contribution in [0.1, 0.15) is 25.5 Å². The summed E-state index contributed by atoms with van der Waals surface area (Å²) in [5.41, 5.74) is 0.406. The number of aromatic nitrogens is 1. The zero-order chi connectivity index (χ0) is 11.8. The van der Waals surface area contributed by atoms with Gasteiger partial charge in [-0.1, -0.05) is 0 Å². The minimum absolute atomic E-state index is 0.582. The fourth-order valence-corrected chi connectivity index (χ4v) is 2.34. The number of hydrogen-bond donors (Lipinski definition) is 1. The Balaban J connectivity index is 2.20. The number of β-amino-alcohol motifs (C(OH)–C–C–N with tert-alkyl or cyclic N) is 1.